The Kier molecular flexibility index (Phi) is 10.7. The summed E-state index contributed by atoms with van der Waals surface area (Å²) in [5.41, 5.74) is 1.55. The zero-order chi connectivity index (χ0) is 29.3. The van der Waals surface area contributed by atoms with Gasteiger partial charge in [-0.3, -0.25) is 13.9 Å². The van der Waals surface area contributed by atoms with Crippen molar-refractivity contribution < 1.29 is 27.1 Å². The van der Waals surface area contributed by atoms with Gasteiger partial charge in [-0.25, -0.2) is 12.8 Å². The molecule has 214 valence electrons. The minimum absolute atomic E-state index is 0.00167. The molecule has 0 aliphatic rings. The van der Waals surface area contributed by atoms with Crippen molar-refractivity contribution in [1.82, 2.24) is 10.2 Å². The van der Waals surface area contributed by atoms with Crippen LogP contribution in [-0.4, -0.2) is 51.4 Å². The molecule has 8 nitrogen and oxygen atoms in total. The second kappa shape index (κ2) is 13.9. The number of nitrogens with zero attached hydrogens (tertiary/aromatic N) is 2. The molecular weight excluding hydrogens is 533 g/mol. The van der Waals surface area contributed by atoms with Gasteiger partial charge in [0.05, 0.1) is 17.7 Å². The normalized spacial score (nSPS) is 11.9. The van der Waals surface area contributed by atoms with Crippen molar-refractivity contribution in [2.24, 2.45) is 0 Å². The zero-order valence-corrected chi connectivity index (χ0v) is 24.1. The minimum atomic E-state index is -4.22. The van der Waals surface area contributed by atoms with Crippen LogP contribution in [0, 0.1) is 12.7 Å². The highest BCUT2D eigenvalue weighted by molar-refractivity contribution is 7.92. The number of anilines is 1. The minimum Gasteiger partial charge on any atom is -0.495 e. The highest BCUT2D eigenvalue weighted by atomic mass is 32.2. The van der Waals surface area contributed by atoms with Crippen molar-refractivity contribution in [3.8, 4) is 5.75 Å². The zero-order valence-electron chi connectivity index (χ0n) is 23.3. The van der Waals surface area contributed by atoms with E-state index in [1.54, 1.807) is 43.3 Å². The monoisotopic (exact) mass is 569 g/mol. The second-order valence-corrected chi connectivity index (χ2v) is 11.3. The van der Waals surface area contributed by atoms with Gasteiger partial charge in [0.15, 0.2) is 0 Å². The average molecular weight is 570 g/mol. The largest absolute Gasteiger partial charge is 0.495 e. The summed E-state index contributed by atoms with van der Waals surface area (Å²) >= 11 is 0. The lowest BCUT2D eigenvalue weighted by Gasteiger charge is -2.32. The lowest BCUT2D eigenvalue weighted by molar-refractivity contribution is -0.139. The number of unbranched alkanes of at least 4 members (excludes halogenated alkanes) is 1. The fourth-order valence-corrected chi connectivity index (χ4v) is 5.57. The number of carbonyl (C=O) groups is 2. The predicted molar refractivity (Wildman–Crippen MR) is 153 cm³/mol. The van der Waals surface area contributed by atoms with Crippen LogP contribution in [0.4, 0.5) is 10.1 Å². The Balaban J connectivity index is 2.05. The summed E-state index contributed by atoms with van der Waals surface area (Å²) in [5.74, 6) is -1.13. The van der Waals surface area contributed by atoms with Crippen molar-refractivity contribution in [3.63, 3.8) is 0 Å². The third-order valence-electron chi connectivity index (χ3n) is 6.48. The SMILES string of the molecule is CCCCNC(=O)[C@H](C)N(Cc1ccc(F)cc1)C(=O)CN(c1cc(C)ccc1OC)S(=O)(=O)c1ccccc1. The number of aryl methyl sites for hydroxylation is 1. The van der Waals surface area contributed by atoms with Gasteiger partial charge in [-0.05, 0) is 67.8 Å². The van der Waals surface area contributed by atoms with Crippen LogP contribution < -0.4 is 14.4 Å². The lowest BCUT2D eigenvalue weighted by Crippen LogP contribution is -2.51. The predicted octanol–water partition coefficient (Wildman–Crippen LogP) is 4.67. The first-order valence-corrected chi connectivity index (χ1v) is 14.6. The summed E-state index contributed by atoms with van der Waals surface area (Å²) in [6.07, 6.45) is 1.66. The summed E-state index contributed by atoms with van der Waals surface area (Å²) < 4.78 is 47.9. The van der Waals surface area contributed by atoms with E-state index >= 15 is 0 Å². The van der Waals surface area contributed by atoms with Crippen molar-refractivity contribution in [3.05, 3.63) is 89.7 Å². The Morgan fingerprint density at radius 2 is 1.70 bits per heavy atom. The van der Waals surface area contributed by atoms with E-state index in [0.717, 1.165) is 22.7 Å². The van der Waals surface area contributed by atoms with E-state index in [4.69, 9.17) is 4.74 Å². The molecule has 2 amide bonds. The average Bonchev–Trinajstić information content (AvgIpc) is 2.95. The number of sulfonamides is 1. The maximum atomic E-state index is 14.0. The molecule has 0 heterocycles. The molecule has 0 aliphatic heterocycles. The molecule has 0 bridgehead atoms. The molecule has 0 radical (unpaired) electrons. The van der Waals surface area contributed by atoms with E-state index in [1.165, 1.54) is 48.4 Å². The molecule has 0 aromatic heterocycles. The Hall–Kier alpha value is -3.92. The smallest absolute Gasteiger partial charge is 0.264 e. The van der Waals surface area contributed by atoms with Gasteiger partial charge in [-0.2, -0.15) is 0 Å². The molecule has 3 aromatic rings. The van der Waals surface area contributed by atoms with Crippen LogP contribution in [0.5, 0.6) is 5.75 Å². The van der Waals surface area contributed by atoms with Crippen LogP contribution in [0.1, 0.15) is 37.8 Å². The Bertz CT molecular complexity index is 1400. The molecule has 0 spiro atoms. The first kappa shape index (κ1) is 30.6. The van der Waals surface area contributed by atoms with Crippen LogP contribution in [0.15, 0.2) is 77.7 Å². The first-order chi connectivity index (χ1) is 19.1. The van der Waals surface area contributed by atoms with Gasteiger partial charge < -0.3 is 15.0 Å². The molecule has 3 rings (SSSR count). The van der Waals surface area contributed by atoms with Crippen molar-refractivity contribution in [1.29, 1.82) is 0 Å². The van der Waals surface area contributed by atoms with E-state index in [9.17, 15) is 22.4 Å². The number of hydrogen-bond donors (Lipinski definition) is 1. The molecule has 10 heteroatoms. The number of rotatable bonds is 13. The van der Waals surface area contributed by atoms with Crippen molar-refractivity contribution >= 4 is 27.5 Å². The fraction of sp³-hybridized carbons (Fsp3) is 0.333. The molecule has 3 aromatic carbocycles. The van der Waals surface area contributed by atoms with E-state index < -0.39 is 34.3 Å². The van der Waals surface area contributed by atoms with Gasteiger partial charge in [-0.1, -0.05) is 49.7 Å². The lowest BCUT2D eigenvalue weighted by atomic mass is 10.1. The van der Waals surface area contributed by atoms with Gasteiger partial charge in [-0.15, -0.1) is 0 Å². The molecule has 0 unspecified atom stereocenters. The quantitative estimate of drug-likeness (QED) is 0.302. The highest BCUT2D eigenvalue weighted by Crippen LogP contribution is 2.33. The maximum absolute atomic E-state index is 14.0. The van der Waals surface area contributed by atoms with E-state index in [0.29, 0.717) is 12.1 Å². The van der Waals surface area contributed by atoms with Gasteiger partial charge in [0.1, 0.15) is 24.2 Å². The van der Waals surface area contributed by atoms with Gasteiger partial charge >= 0.3 is 0 Å². The van der Waals surface area contributed by atoms with Gasteiger partial charge in [0, 0.05) is 13.1 Å². The standard InChI is InChI=1S/C30H36FN3O5S/c1-5-6-18-32-30(36)23(3)33(20-24-13-15-25(31)16-14-24)29(35)21-34(27-19-22(2)12-17-28(27)39-4)40(37,38)26-10-8-7-9-11-26/h7-17,19,23H,5-6,18,20-21H2,1-4H3,(H,32,36)/t23-/m0/s1. The molecule has 0 fully saturated rings. The summed E-state index contributed by atoms with van der Waals surface area (Å²) in [7, 11) is -2.79. The Labute approximate surface area is 235 Å². The van der Waals surface area contributed by atoms with E-state index in [2.05, 4.69) is 5.32 Å². The van der Waals surface area contributed by atoms with Gasteiger partial charge in [0.2, 0.25) is 11.8 Å². The van der Waals surface area contributed by atoms with E-state index in [-0.39, 0.29) is 28.8 Å². The number of carbonyl (C=O) groups excluding carboxylic acids is 2. The van der Waals surface area contributed by atoms with Gasteiger partial charge in [0.25, 0.3) is 10.0 Å². The molecule has 40 heavy (non-hydrogen) atoms. The number of nitrogens with one attached hydrogen (secondary N) is 1. The summed E-state index contributed by atoms with van der Waals surface area (Å²) in [5, 5.41) is 2.84. The number of methoxy groups -OCH3 is 1. The van der Waals surface area contributed by atoms with Crippen LogP contribution in [0.2, 0.25) is 0 Å². The highest BCUT2D eigenvalue weighted by Gasteiger charge is 2.33. The molecule has 1 N–H and O–H groups in total. The third kappa shape index (κ3) is 7.59. The summed E-state index contributed by atoms with van der Waals surface area (Å²) in [6, 6.07) is 17.5. The van der Waals surface area contributed by atoms with Crippen LogP contribution >= 0.6 is 0 Å². The van der Waals surface area contributed by atoms with E-state index in [1.807, 2.05) is 13.8 Å². The molecule has 0 saturated carbocycles. The summed E-state index contributed by atoms with van der Waals surface area (Å²) in [4.78, 5) is 28.3. The molecule has 0 saturated heterocycles. The Morgan fingerprint density at radius 1 is 1.02 bits per heavy atom. The fourth-order valence-electron chi connectivity index (χ4n) is 4.13. The Morgan fingerprint density at radius 3 is 2.33 bits per heavy atom. The topological polar surface area (TPSA) is 96.0 Å². The van der Waals surface area contributed by atoms with Crippen molar-refractivity contribution in [2.45, 2.75) is 51.1 Å². The van der Waals surface area contributed by atoms with Crippen molar-refractivity contribution in [2.75, 3.05) is 24.5 Å². The third-order valence-corrected chi connectivity index (χ3v) is 8.25. The number of hydrogen-bond acceptors (Lipinski definition) is 5. The first-order valence-electron chi connectivity index (χ1n) is 13.1. The number of halogens is 1. The van der Waals surface area contributed by atoms with Crippen LogP contribution in [0.25, 0.3) is 0 Å². The number of ether oxygens (including phenoxy) is 1. The molecule has 0 aliphatic carbocycles. The maximum Gasteiger partial charge on any atom is 0.264 e. The molecular formula is C30H36FN3O5S. The number of amides is 2. The molecule has 1 atom stereocenters. The van der Waals surface area contributed by atoms with Crippen LogP contribution in [0.3, 0.4) is 0 Å². The number of benzene rings is 3. The summed E-state index contributed by atoms with van der Waals surface area (Å²) in [6.45, 7) is 5.23. The van der Waals surface area contributed by atoms with Crippen LogP contribution in [-0.2, 0) is 26.2 Å². The second-order valence-electron chi connectivity index (χ2n) is 9.47.